The first-order valence-electron chi connectivity index (χ1n) is 7.21. The van der Waals surface area contributed by atoms with Gasteiger partial charge in [0.15, 0.2) is 5.82 Å². The molecule has 2 heterocycles. The summed E-state index contributed by atoms with van der Waals surface area (Å²) in [5, 5.41) is 19.1. The largest absolute Gasteiger partial charge is 0.339 e. The van der Waals surface area contributed by atoms with E-state index in [0.717, 1.165) is 19.3 Å². The van der Waals surface area contributed by atoms with Gasteiger partial charge in [-0.15, -0.1) is 0 Å². The number of hydrogen-bond donors (Lipinski definition) is 1. The minimum atomic E-state index is -0.446. The van der Waals surface area contributed by atoms with E-state index >= 15 is 0 Å². The fourth-order valence-corrected chi connectivity index (χ4v) is 2.71. The average Bonchev–Trinajstić information content (AvgIpc) is 2.99. The fourth-order valence-electron chi connectivity index (χ4n) is 2.71. The second-order valence-corrected chi connectivity index (χ2v) is 5.77. The maximum atomic E-state index is 11.0. The molecule has 3 rings (SSSR count). The Morgan fingerprint density at radius 2 is 2.18 bits per heavy atom. The van der Waals surface area contributed by atoms with Gasteiger partial charge in [0.05, 0.1) is 17.0 Å². The van der Waals surface area contributed by atoms with Gasteiger partial charge in [-0.1, -0.05) is 5.16 Å². The number of nitro groups is 1. The molecule has 2 N–H and O–H groups in total. The van der Waals surface area contributed by atoms with E-state index in [1.807, 2.05) is 0 Å². The standard InChI is InChI=1S/C13H18N6O3/c1-8-11(19(20)21)9(2)18(16-8)7-4-10-15-12(17-22-10)13(14)5-3-6-13/h3-7,14H2,1-2H3. The molecule has 2 aromatic rings. The van der Waals surface area contributed by atoms with Crippen LogP contribution in [0.3, 0.4) is 0 Å². The third-order valence-corrected chi connectivity index (χ3v) is 4.22. The number of aryl methyl sites for hydroxylation is 3. The molecule has 1 saturated carbocycles. The molecule has 0 radical (unpaired) electrons. The van der Waals surface area contributed by atoms with Crippen molar-refractivity contribution in [2.24, 2.45) is 5.73 Å². The van der Waals surface area contributed by atoms with Gasteiger partial charge in [0.2, 0.25) is 5.89 Å². The first-order chi connectivity index (χ1) is 10.4. The van der Waals surface area contributed by atoms with Crippen LogP contribution in [0, 0.1) is 24.0 Å². The van der Waals surface area contributed by atoms with Crippen LogP contribution in [0.15, 0.2) is 4.52 Å². The van der Waals surface area contributed by atoms with Crippen molar-refractivity contribution in [3.63, 3.8) is 0 Å². The smallest absolute Gasteiger partial charge is 0.312 e. The van der Waals surface area contributed by atoms with Gasteiger partial charge in [-0.05, 0) is 33.1 Å². The highest BCUT2D eigenvalue weighted by Crippen LogP contribution is 2.36. The van der Waals surface area contributed by atoms with E-state index in [4.69, 9.17) is 10.3 Å². The lowest BCUT2D eigenvalue weighted by atomic mass is 9.77. The average molecular weight is 306 g/mol. The second-order valence-electron chi connectivity index (χ2n) is 5.77. The number of rotatable bonds is 5. The summed E-state index contributed by atoms with van der Waals surface area (Å²) in [7, 11) is 0. The predicted molar refractivity (Wildman–Crippen MR) is 76.1 cm³/mol. The molecule has 2 aromatic heterocycles. The van der Waals surface area contributed by atoms with Gasteiger partial charge in [0.1, 0.15) is 11.4 Å². The minimum absolute atomic E-state index is 0.0570. The molecule has 0 aromatic carbocycles. The van der Waals surface area contributed by atoms with Crippen LogP contribution >= 0.6 is 0 Å². The lowest BCUT2D eigenvalue weighted by molar-refractivity contribution is -0.386. The molecule has 0 unspecified atom stereocenters. The van der Waals surface area contributed by atoms with Crippen LogP contribution in [0.5, 0.6) is 0 Å². The number of nitrogens with zero attached hydrogens (tertiary/aromatic N) is 5. The molecule has 0 bridgehead atoms. The van der Waals surface area contributed by atoms with E-state index in [1.165, 1.54) is 0 Å². The van der Waals surface area contributed by atoms with E-state index in [1.54, 1.807) is 18.5 Å². The topological polar surface area (TPSA) is 126 Å². The first-order valence-corrected chi connectivity index (χ1v) is 7.21. The van der Waals surface area contributed by atoms with Crippen LogP contribution in [0.25, 0.3) is 0 Å². The van der Waals surface area contributed by atoms with Crippen molar-refractivity contribution in [2.75, 3.05) is 0 Å². The fraction of sp³-hybridized carbons (Fsp3) is 0.615. The quantitative estimate of drug-likeness (QED) is 0.653. The third-order valence-electron chi connectivity index (χ3n) is 4.22. The molecule has 1 aliphatic rings. The van der Waals surface area contributed by atoms with Crippen molar-refractivity contribution in [3.8, 4) is 0 Å². The van der Waals surface area contributed by atoms with Crippen LogP contribution in [-0.4, -0.2) is 24.8 Å². The molecule has 9 heteroatoms. The lowest BCUT2D eigenvalue weighted by Gasteiger charge is -2.34. The Kier molecular flexibility index (Phi) is 3.44. The summed E-state index contributed by atoms with van der Waals surface area (Å²) < 4.78 is 6.81. The molecule has 0 amide bonds. The Morgan fingerprint density at radius 3 is 2.73 bits per heavy atom. The van der Waals surface area contributed by atoms with Crippen LogP contribution < -0.4 is 5.73 Å². The summed E-state index contributed by atoms with van der Waals surface area (Å²) in [6.45, 7) is 3.75. The van der Waals surface area contributed by atoms with Gasteiger partial charge in [-0.2, -0.15) is 10.1 Å². The summed E-state index contributed by atoms with van der Waals surface area (Å²) in [5.74, 6) is 1.02. The molecule has 0 atom stereocenters. The lowest BCUT2D eigenvalue weighted by Crippen LogP contribution is -2.44. The summed E-state index contributed by atoms with van der Waals surface area (Å²) in [6, 6.07) is 0. The summed E-state index contributed by atoms with van der Waals surface area (Å²) in [4.78, 5) is 14.9. The van der Waals surface area contributed by atoms with Crippen LogP contribution in [-0.2, 0) is 18.5 Å². The Bertz CT molecular complexity index is 715. The van der Waals surface area contributed by atoms with Gasteiger partial charge >= 0.3 is 5.69 Å². The van der Waals surface area contributed by atoms with E-state index in [2.05, 4.69) is 15.2 Å². The normalized spacial score (nSPS) is 16.5. The highest BCUT2D eigenvalue weighted by atomic mass is 16.6. The molecule has 1 aliphatic carbocycles. The van der Waals surface area contributed by atoms with Crippen molar-refractivity contribution in [3.05, 3.63) is 33.2 Å². The number of hydrogen-bond acceptors (Lipinski definition) is 7. The highest BCUT2D eigenvalue weighted by Gasteiger charge is 2.38. The first kappa shape index (κ1) is 14.6. The van der Waals surface area contributed by atoms with Crippen molar-refractivity contribution in [1.29, 1.82) is 0 Å². The SMILES string of the molecule is Cc1nn(CCc2nc(C3(N)CCC3)no2)c(C)c1[N+](=O)[O-]. The molecule has 9 nitrogen and oxygen atoms in total. The van der Waals surface area contributed by atoms with E-state index in [-0.39, 0.29) is 5.69 Å². The highest BCUT2D eigenvalue weighted by molar-refractivity contribution is 5.39. The maximum absolute atomic E-state index is 11.0. The maximum Gasteiger partial charge on any atom is 0.312 e. The van der Waals surface area contributed by atoms with Crippen molar-refractivity contribution in [2.45, 2.75) is 51.6 Å². The molecule has 118 valence electrons. The Balaban J connectivity index is 1.71. The van der Waals surface area contributed by atoms with Crippen LogP contribution in [0.4, 0.5) is 5.69 Å². The van der Waals surface area contributed by atoms with E-state index < -0.39 is 10.5 Å². The molecular weight excluding hydrogens is 288 g/mol. The summed E-state index contributed by atoms with van der Waals surface area (Å²) in [5.41, 5.74) is 6.69. The number of nitrogens with two attached hydrogens (primary N) is 1. The van der Waals surface area contributed by atoms with Gasteiger partial charge in [-0.25, -0.2) is 0 Å². The summed E-state index contributed by atoms with van der Waals surface area (Å²) >= 11 is 0. The van der Waals surface area contributed by atoms with Crippen molar-refractivity contribution < 1.29 is 9.45 Å². The zero-order valence-electron chi connectivity index (χ0n) is 12.6. The molecular formula is C13H18N6O3. The van der Waals surface area contributed by atoms with Crippen molar-refractivity contribution in [1.82, 2.24) is 19.9 Å². The van der Waals surface area contributed by atoms with Crippen LogP contribution in [0.2, 0.25) is 0 Å². The van der Waals surface area contributed by atoms with Crippen molar-refractivity contribution >= 4 is 5.69 Å². The van der Waals surface area contributed by atoms with E-state index in [9.17, 15) is 10.1 Å². The monoisotopic (exact) mass is 306 g/mol. The molecule has 1 fully saturated rings. The van der Waals surface area contributed by atoms with Gasteiger partial charge < -0.3 is 10.3 Å². The van der Waals surface area contributed by atoms with Gasteiger partial charge in [0.25, 0.3) is 0 Å². The molecule has 0 saturated heterocycles. The summed E-state index contributed by atoms with van der Waals surface area (Å²) in [6.07, 6.45) is 3.28. The Labute approximate surface area is 126 Å². The van der Waals surface area contributed by atoms with Gasteiger partial charge in [-0.3, -0.25) is 14.8 Å². The third kappa shape index (κ3) is 2.37. The molecule has 0 spiro atoms. The van der Waals surface area contributed by atoms with Gasteiger partial charge in [0, 0.05) is 6.42 Å². The predicted octanol–water partition coefficient (Wildman–Crippen LogP) is 1.37. The zero-order valence-corrected chi connectivity index (χ0v) is 12.6. The molecule has 0 aliphatic heterocycles. The Hall–Kier alpha value is -2.29. The minimum Gasteiger partial charge on any atom is -0.339 e. The number of aromatic nitrogens is 4. The zero-order chi connectivity index (χ0) is 15.9. The Morgan fingerprint density at radius 1 is 1.45 bits per heavy atom. The van der Waals surface area contributed by atoms with E-state index in [0.29, 0.717) is 36.1 Å². The molecule has 22 heavy (non-hydrogen) atoms. The second kappa shape index (κ2) is 5.16. The van der Waals surface area contributed by atoms with Crippen LogP contribution in [0.1, 0.15) is 42.4 Å².